The Morgan fingerprint density at radius 1 is 1.19 bits per heavy atom. The molecule has 21 heavy (non-hydrogen) atoms. The summed E-state index contributed by atoms with van der Waals surface area (Å²) in [5.41, 5.74) is -0.326. The lowest BCUT2D eigenvalue weighted by Crippen LogP contribution is -2.39. The first-order valence-electron chi connectivity index (χ1n) is 7.09. The van der Waals surface area contributed by atoms with Crippen molar-refractivity contribution in [1.82, 2.24) is 5.32 Å². The first-order chi connectivity index (χ1) is 9.84. The van der Waals surface area contributed by atoms with Gasteiger partial charge in [-0.1, -0.05) is 13.0 Å². The van der Waals surface area contributed by atoms with Crippen molar-refractivity contribution >= 4 is 23.0 Å². The average molecular weight is 316 g/mol. The number of halogens is 3. The van der Waals surface area contributed by atoms with Crippen LogP contribution in [0, 0.1) is 5.92 Å². The molecule has 0 atom stereocenters. The molecule has 0 spiro atoms. The summed E-state index contributed by atoms with van der Waals surface area (Å²) in [4.78, 5) is 0. The third kappa shape index (κ3) is 4.88. The van der Waals surface area contributed by atoms with Gasteiger partial charge in [0.15, 0.2) is 5.11 Å². The van der Waals surface area contributed by atoms with E-state index >= 15 is 0 Å². The van der Waals surface area contributed by atoms with E-state index in [0.29, 0.717) is 16.8 Å². The molecule has 0 saturated heterocycles. The molecule has 1 fully saturated rings. The van der Waals surface area contributed by atoms with Crippen LogP contribution in [-0.4, -0.2) is 11.2 Å². The van der Waals surface area contributed by atoms with E-state index < -0.39 is 11.7 Å². The average Bonchev–Trinajstić information content (AvgIpc) is 2.41. The highest BCUT2D eigenvalue weighted by molar-refractivity contribution is 7.80. The highest BCUT2D eigenvalue weighted by Gasteiger charge is 2.30. The van der Waals surface area contributed by atoms with E-state index in [1.54, 1.807) is 6.07 Å². The number of thiocarbonyl (C=S) groups is 1. The highest BCUT2D eigenvalue weighted by Crippen LogP contribution is 2.30. The largest absolute Gasteiger partial charge is 0.416 e. The Labute approximate surface area is 128 Å². The summed E-state index contributed by atoms with van der Waals surface area (Å²) in [6, 6.07) is 5.37. The van der Waals surface area contributed by atoms with E-state index in [-0.39, 0.29) is 0 Å². The van der Waals surface area contributed by atoms with Crippen LogP contribution in [0.5, 0.6) is 0 Å². The van der Waals surface area contributed by atoms with Gasteiger partial charge in [0.2, 0.25) is 0 Å². The second-order valence-corrected chi connectivity index (χ2v) is 6.04. The first-order valence-corrected chi connectivity index (χ1v) is 7.50. The van der Waals surface area contributed by atoms with Crippen molar-refractivity contribution in [3.63, 3.8) is 0 Å². The fraction of sp³-hybridized carbons (Fsp3) is 0.533. The Kier molecular flexibility index (Phi) is 5.08. The normalized spacial score (nSPS) is 22.7. The van der Waals surface area contributed by atoms with Crippen LogP contribution >= 0.6 is 12.2 Å². The van der Waals surface area contributed by atoms with Crippen molar-refractivity contribution in [2.45, 2.75) is 44.8 Å². The summed E-state index contributed by atoms with van der Waals surface area (Å²) in [5.74, 6) is 0.744. The molecule has 2 rings (SSSR count). The van der Waals surface area contributed by atoms with E-state index in [2.05, 4.69) is 17.6 Å². The maximum absolute atomic E-state index is 12.6. The number of anilines is 1. The minimum atomic E-state index is -4.34. The standard InChI is InChI=1S/C15H19F3N2S/c1-10-5-7-12(8-6-10)19-14(21)20-13-4-2-3-11(9-13)15(16,17)18/h2-4,9-10,12H,5-8H2,1H3,(H2,19,20,21). The van der Waals surface area contributed by atoms with E-state index in [9.17, 15) is 13.2 Å². The van der Waals surface area contributed by atoms with Crippen LogP contribution in [0.25, 0.3) is 0 Å². The summed E-state index contributed by atoms with van der Waals surface area (Å²) in [7, 11) is 0. The maximum Gasteiger partial charge on any atom is 0.416 e. The van der Waals surface area contributed by atoms with Gasteiger partial charge < -0.3 is 10.6 Å². The third-order valence-electron chi connectivity index (χ3n) is 3.80. The number of alkyl halides is 3. The van der Waals surface area contributed by atoms with Crippen LogP contribution in [0.2, 0.25) is 0 Å². The van der Waals surface area contributed by atoms with Crippen LogP contribution in [0.3, 0.4) is 0 Å². The van der Waals surface area contributed by atoms with Crippen LogP contribution in [-0.2, 0) is 6.18 Å². The highest BCUT2D eigenvalue weighted by atomic mass is 32.1. The van der Waals surface area contributed by atoms with E-state index in [1.807, 2.05) is 0 Å². The Bertz CT molecular complexity index is 494. The number of nitrogens with one attached hydrogen (secondary N) is 2. The molecule has 2 N–H and O–H groups in total. The van der Waals surface area contributed by atoms with Gasteiger partial charge >= 0.3 is 6.18 Å². The molecule has 0 amide bonds. The molecule has 0 aromatic heterocycles. The summed E-state index contributed by atoms with van der Waals surface area (Å²) in [5, 5.41) is 6.40. The van der Waals surface area contributed by atoms with E-state index in [0.717, 1.165) is 43.7 Å². The molecular formula is C15H19F3N2S. The maximum atomic E-state index is 12.6. The summed E-state index contributed by atoms with van der Waals surface area (Å²) in [6.07, 6.45) is 0.0665. The molecule has 0 bridgehead atoms. The lowest BCUT2D eigenvalue weighted by atomic mass is 9.87. The molecule has 0 radical (unpaired) electrons. The van der Waals surface area contributed by atoms with Gasteiger partial charge in [-0.05, 0) is 62.0 Å². The van der Waals surface area contributed by atoms with Crippen LogP contribution < -0.4 is 10.6 Å². The quantitative estimate of drug-likeness (QED) is 0.782. The van der Waals surface area contributed by atoms with Crippen molar-refractivity contribution in [3.05, 3.63) is 29.8 Å². The Hall–Kier alpha value is -1.30. The van der Waals surface area contributed by atoms with Gasteiger partial charge in [0, 0.05) is 11.7 Å². The second kappa shape index (κ2) is 6.64. The lowest BCUT2D eigenvalue weighted by Gasteiger charge is -2.28. The van der Waals surface area contributed by atoms with Gasteiger partial charge in [-0.15, -0.1) is 0 Å². The molecule has 0 aliphatic heterocycles. The van der Waals surface area contributed by atoms with Crippen LogP contribution in [0.1, 0.15) is 38.2 Å². The van der Waals surface area contributed by atoms with Crippen molar-refractivity contribution in [3.8, 4) is 0 Å². The predicted octanol–water partition coefficient (Wildman–Crippen LogP) is 4.57. The zero-order chi connectivity index (χ0) is 15.5. The number of benzene rings is 1. The monoisotopic (exact) mass is 316 g/mol. The molecule has 1 aromatic rings. The SMILES string of the molecule is CC1CCC(NC(=S)Nc2cccc(C(F)(F)F)c2)CC1. The molecule has 6 heteroatoms. The van der Waals surface area contributed by atoms with Gasteiger partial charge in [-0.3, -0.25) is 0 Å². The Morgan fingerprint density at radius 3 is 2.48 bits per heavy atom. The molecule has 2 nitrogen and oxygen atoms in total. The molecule has 0 heterocycles. The summed E-state index contributed by atoms with van der Waals surface area (Å²) in [6.45, 7) is 2.23. The molecule has 1 aliphatic rings. The lowest BCUT2D eigenvalue weighted by molar-refractivity contribution is -0.137. The Morgan fingerprint density at radius 2 is 1.86 bits per heavy atom. The van der Waals surface area contributed by atoms with E-state index in [1.165, 1.54) is 6.07 Å². The smallest absolute Gasteiger partial charge is 0.360 e. The van der Waals surface area contributed by atoms with Crippen molar-refractivity contribution in [1.29, 1.82) is 0 Å². The number of hydrogen-bond acceptors (Lipinski definition) is 1. The topological polar surface area (TPSA) is 24.1 Å². The molecule has 1 aromatic carbocycles. The number of hydrogen-bond donors (Lipinski definition) is 2. The second-order valence-electron chi connectivity index (χ2n) is 5.63. The zero-order valence-corrected chi connectivity index (χ0v) is 12.7. The van der Waals surface area contributed by atoms with Gasteiger partial charge in [0.05, 0.1) is 5.56 Å². The number of rotatable bonds is 2. The van der Waals surface area contributed by atoms with Gasteiger partial charge in [-0.2, -0.15) is 13.2 Å². The third-order valence-corrected chi connectivity index (χ3v) is 4.02. The predicted molar refractivity (Wildman–Crippen MR) is 82.2 cm³/mol. The minimum absolute atomic E-state index is 0.312. The van der Waals surface area contributed by atoms with Crippen molar-refractivity contribution in [2.75, 3.05) is 5.32 Å². The van der Waals surface area contributed by atoms with Crippen LogP contribution in [0.15, 0.2) is 24.3 Å². The first kappa shape index (κ1) is 16.1. The van der Waals surface area contributed by atoms with Gasteiger partial charge in [0.25, 0.3) is 0 Å². The van der Waals surface area contributed by atoms with Crippen molar-refractivity contribution in [2.24, 2.45) is 5.92 Å². The molecule has 1 aliphatic carbocycles. The van der Waals surface area contributed by atoms with Gasteiger partial charge in [-0.25, -0.2) is 0 Å². The zero-order valence-electron chi connectivity index (χ0n) is 11.8. The molecule has 116 valence electrons. The van der Waals surface area contributed by atoms with Crippen molar-refractivity contribution < 1.29 is 13.2 Å². The molecular weight excluding hydrogens is 297 g/mol. The summed E-state index contributed by atoms with van der Waals surface area (Å²) >= 11 is 5.18. The minimum Gasteiger partial charge on any atom is -0.360 e. The molecule has 1 saturated carbocycles. The van der Waals surface area contributed by atoms with Crippen LogP contribution in [0.4, 0.5) is 18.9 Å². The fourth-order valence-electron chi connectivity index (χ4n) is 2.53. The molecule has 0 unspecified atom stereocenters. The van der Waals surface area contributed by atoms with Gasteiger partial charge in [0.1, 0.15) is 0 Å². The van der Waals surface area contributed by atoms with E-state index in [4.69, 9.17) is 12.2 Å². The summed E-state index contributed by atoms with van der Waals surface area (Å²) < 4.78 is 37.9. The fourth-order valence-corrected chi connectivity index (χ4v) is 2.81. The Balaban J connectivity index is 1.91.